The molecular formula is C11H24N2. The molecule has 2 unspecified atom stereocenters. The van der Waals surface area contributed by atoms with Gasteiger partial charge in [-0.2, -0.15) is 0 Å². The third-order valence-electron chi connectivity index (χ3n) is 2.81. The molecule has 1 heterocycles. The lowest BCUT2D eigenvalue weighted by atomic mass is 10.0. The van der Waals surface area contributed by atoms with Gasteiger partial charge < -0.3 is 10.2 Å². The van der Waals surface area contributed by atoms with Crippen LogP contribution in [0.2, 0.25) is 0 Å². The van der Waals surface area contributed by atoms with Crippen molar-refractivity contribution >= 4 is 0 Å². The quantitative estimate of drug-likeness (QED) is 0.665. The minimum atomic E-state index is 0.697. The highest BCUT2D eigenvalue weighted by Crippen LogP contribution is 2.10. The molecule has 1 aliphatic rings. The molecule has 13 heavy (non-hydrogen) atoms. The minimum absolute atomic E-state index is 0.697. The van der Waals surface area contributed by atoms with Gasteiger partial charge in [-0.05, 0) is 38.8 Å². The lowest BCUT2D eigenvalue weighted by Crippen LogP contribution is -2.45. The van der Waals surface area contributed by atoms with E-state index in [1.807, 2.05) is 0 Å². The molecule has 1 saturated heterocycles. The largest absolute Gasteiger partial charge is 0.316 e. The van der Waals surface area contributed by atoms with E-state index in [9.17, 15) is 0 Å². The third kappa shape index (κ3) is 3.65. The van der Waals surface area contributed by atoms with Crippen molar-refractivity contribution in [3.05, 3.63) is 0 Å². The zero-order valence-electron chi connectivity index (χ0n) is 9.51. The molecule has 2 nitrogen and oxygen atoms in total. The van der Waals surface area contributed by atoms with Crippen LogP contribution in [0.5, 0.6) is 0 Å². The maximum atomic E-state index is 3.52. The van der Waals surface area contributed by atoms with Crippen LogP contribution in [0.1, 0.15) is 27.7 Å². The summed E-state index contributed by atoms with van der Waals surface area (Å²) in [6, 6.07) is 0.697. The maximum absolute atomic E-state index is 3.52. The Kier molecular flexibility index (Phi) is 4.20. The van der Waals surface area contributed by atoms with Crippen LogP contribution in [0.3, 0.4) is 0 Å². The molecule has 2 atom stereocenters. The van der Waals surface area contributed by atoms with Gasteiger partial charge in [-0.25, -0.2) is 0 Å². The van der Waals surface area contributed by atoms with E-state index in [0.717, 1.165) is 11.8 Å². The highest BCUT2D eigenvalue weighted by Gasteiger charge is 2.18. The van der Waals surface area contributed by atoms with E-state index < -0.39 is 0 Å². The molecule has 1 aliphatic heterocycles. The molecule has 2 heteroatoms. The molecule has 0 aromatic heterocycles. The number of nitrogens with one attached hydrogen (secondary N) is 1. The van der Waals surface area contributed by atoms with Crippen molar-refractivity contribution in [2.45, 2.75) is 33.7 Å². The summed E-state index contributed by atoms with van der Waals surface area (Å²) in [4.78, 5) is 2.61. The molecule has 1 fully saturated rings. The zero-order valence-corrected chi connectivity index (χ0v) is 9.51. The van der Waals surface area contributed by atoms with Crippen LogP contribution in [0.4, 0.5) is 0 Å². The van der Waals surface area contributed by atoms with Gasteiger partial charge in [0, 0.05) is 19.1 Å². The second-order valence-electron chi connectivity index (χ2n) is 4.92. The predicted octanol–water partition coefficient (Wildman–Crippen LogP) is 1.57. The Labute approximate surface area is 82.7 Å². The molecule has 0 saturated carbocycles. The van der Waals surface area contributed by atoms with E-state index in [4.69, 9.17) is 0 Å². The fourth-order valence-electron chi connectivity index (χ4n) is 2.00. The van der Waals surface area contributed by atoms with Gasteiger partial charge in [-0.15, -0.1) is 0 Å². The summed E-state index contributed by atoms with van der Waals surface area (Å²) < 4.78 is 0. The number of nitrogens with zero attached hydrogens (tertiary/aromatic N) is 1. The highest BCUT2D eigenvalue weighted by atomic mass is 15.2. The monoisotopic (exact) mass is 184 g/mol. The molecule has 78 valence electrons. The summed E-state index contributed by atoms with van der Waals surface area (Å²) in [5, 5.41) is 3.52. The summed E-state index contributed by atoms with van der Waals surface area (Å²) in [6.07, 6.45) is 0. The fraction of sp³-hybridized carbons (Fsp3) is 1.00. The van der Waals surface area contributed by atoms with Crippen molar-refractivity contribution < 1.29 is 0 Å². The molecule has 0 spiro atoms. The average molecular weight is 184 g/mol. The Hall–Kier alpha value is -0.0800. The van der Waals surface area contributed by atoms with Gasteiger partial charge in [-0.3, -0.25) is 0 Å². The van der Waals surface area contributed by atoms with E-state index >= 15 is 0 Å². The Morgan fingerprint density at radius 1 is 1.08 bits per heavy atom. The zero-order chi connectivity index (χ0) is 9.84. The first-order valence-electron chi connectivity index (χ1n) is 5.54. The van der Waals surface area contributed by atoms with Crippen LogP contribution in [-0.2, 0) is 0 Å². The van der Waals surface area contributed by atoms with Crippen LogP contribution in [0.25, 0.3) is 0 Å². The van der Waals surface area contributed by atoms with E-state index in [1.54, 1.807) is 0 Å². The first kappa shape index (κ1) is 11.0. The first-order valence-corrected chi connectivity index (χ1v) is 5.54. The standard InChI is InChI=1S/C11H24N2/c1-9(2)13-7-10(3)5-12-6-11(4)8-13/h9-12H,5-8H2,1-4H3. The number of hydrogen-bond donors (Lipinski definition) is 1. The predicted molar refractivity (Wildman–Crippen MR) is 57.9 cm³/mol. The van der Waals surface area contributed by atoms with Crippen LogP contribution in [0.15, 0.2) is 0 Å². The van der Waals surface area contributed by atoms with Crippen molar-refractivity contribution in [1.29, 1.82) is 0 Å². The summed E-state index contributed by atoms with van der Waals surface area (Å²) in [7, 11) is 0. The molecule has 1 rings (SSSR count). The molecule has 0 amide bonds. The number of hydrogen-bond acceptors (Lipinski definition) is 2. The molecule has 0 radical (unpaired) electrons. The third-order valence-corrected chi connectivity index (χ3v) is 2.81. The number of rotatable bonds is 1. The highest BCUT2D eigenvalue weighted by molar-refractivity contribution is 4.74. The first-order chi connectivity index (χ1) is 6.09. The molecular weight excluding hydrogens is 160 g/mol. The molecule has 0 bridgehead atoms. The van der Waals surface area contributed by atoms with Gasteiger partial charge in [0.1, 0.15) is 0 Å². The second kappa shape index (κ2) is 4.97. The maximum Gasteiger partial charge on any atom is 0.00388 e. The van der Waals surface area contributed by atoms with Crippen molar-refractivity contribution in [1.82, 2.24) is 10.2 Å². The molecule has 0 aromatic rings. The smallest absolute Gasteiger partial charge is 0.00388 e. The molecule has 0 aliphatic carbocycles. The fourth-order valence-corrected chi connectivity index (χ4v) is 2.00. The van der Waals surface area contributed by atoms with E-state index in [1.165, 1.54) is 26.2 Å². The van der Waals surface area contributed by atoms with Crippen LogP contribution >= 0.6 is 0 Å². The molecule has 0 aromatic carbocycles. The van der Waals surface area contributed by atoms with Crippen LogP contribution in [-0.4, -0.2) is 37.1 Å². The van der Waals surface area contributed by atoms with Gasteiger partial charge in [0.05, 0.1) is 0 Å². The van der Waals surface area contributed by atoms with Gasteiger partial charge in [0.15, 0.2) is 0 Å². The van der Waals surface area contributed by atoms with Gasteiger partial charge >= 0.3 is 0 Å². The summed E-state index contributed by atoms with van der Waals surface area (Å²) >= 11 is 0. The molecule has 1 N–H and O–H groups in total. The SMILES string of the molecule is CC1CNCC(C)CN(C(C)C)C1. The van der Waals surface area contributed by atoms with Gasteiger partial charge in [-0.1, -0.05) is 13.8 Å². The summed E-state index contributed by atoms with van der Waals surface area (Å²) in [5.74, 6) is 1.57. The summed E-state index contributed by atoms with van der Waals surface area (Å²) in [6.45, 7) is 14.1. The average Bonchev–Trinajstić information content (AvgIpc) is 1.99. The Bertz CT molecular complexity index is 133. The topological polar surface area (TPSA) is 15.3 Å². The van der Waals surface area contributed by atoms with E-state index in [-0.39, 0.29) is 0 Å². The normalized spacial score (nSPS) is 33.0. The lowest BCUT2D eigenvalue weighted by molar-refractivity contribution is 0.150. The van der Waals surface area contributed by atoms with Gasteiger partial charge in [0.2, 0.25) is 0 Å². The summed E-state index contributed by atoms with van der Waals surface area (Å²) in [5.41, 5.74) is 0. The van der Waals surface area contributed by atoms with Crippen molar-refractivity contribution in [2.75, 3.05) is 26.2 Å². The Balaban J connectivity index is 2.48. The van der Waals surface area contributed by atoms with E-state index in [0.29, 0.717) is 6.04 Å². The lowest BCUT2D eigenvalue weighted by Gasteiger charge is -2.34. The van der Waals surface area contributed by atoms with Gasteiger partial charge in [0.25, 0.3) is 0 Å². The second-order valence-corrected chi connectivity index (χ2v) is 4.92. The Morgan fingerprint density at radius 3 is 1.92 bits per heavy atom. The van der Waals surface area contributed by atoms with Crippen molar-refractivity contribution in [2.24, 2.45) is 11.8 Å². The van der Waals surface area contributed by atoms with Crippen LogP contribution in [0, 0.1) is 11.8 Å². The minimum Gasteiger partial charge on any atom is -0.316 e. The Morgan fingerprint density at radius 2 is 1.54 bits per heavy atom. The van der Waals surface area contributed by atoms with Crippen LogP contribution < -0.4 is 5.32 Å². The van der Waals surface area contributed by atoms with E-state index in [2.05, 4.69) is 37.9 Å². The van der Waals surface area contributed by atoms with Crippen molar-refractivity contribution in [3.8, 4) is 0 Å². The van der Waals surface area contributed by atoms with Crippen molar-refractivity contribution in [3.63, 3.8) is 0 Å².